The summed E-state index contributed by atoms with van der Waals surface area (Å²) >= 11 is 5.81. The molecule has 0 heterocycles. The molecule has 0 fully saturated rings. The number of rotatable bonds is 7. The third kappa shape index (κ3) is 4.31. The fourth-order valence-electron chi connectivity index (χ4n) is 2.68. The number of aliphatic hydroxyl groups excluding tert-OH is 1. The van der Waals surface area contributed by atoms with Crippen LogP contribution in [0, 0.1) is 5.41 Å². The minimum Gasteiger partial charge on any atom is -0.388 e. The van der Waals surface area contributed by atoms with E-state index < -0.39 is 11.5 Å². The van der Waals surface area contributed by atoms with Gasteiger partial charge in [0.1, 0.15) is 6.29 Å². The van der Waals surface area contributed by atoms with Gasteiger partial charge in [-0.3, -0.25) is 4.79 Å². The summed E-state index contributed by atoms with van der Waals surface area (Å²) in [6.45, 7) is 2.04. The van der Waals surface area contributed by atoms with Gasteiger partial charge < -0.3 is 9.90 Å². The molecule has 0 spiro atoms. The van der Waals surface area contributed by atoms with Crippen LogP contribution in [0.5, 0.6) is 0 Å². The minimum atomic E-state index is -0.909. The molecule has 1 aliphatic rings. The Bertz CT molecular complexity index is 685. The number of aliphatic hydroxyl groups is 1. The molecule has 1 aromatic rings. The molecule has 4 heteroatoms. The van der Waals surface area contributed by atoms with E-state index >= 15 is 0 Å². The number of hydrogen-bond donors (Lipinski definition) is 1. The van der Waals surface area contributed by atoms with Gasteiger partial charge in [-0.25, -0.2) is 0 Å². The highest BCUT2D eigenvalue weighted by Gasteiger charge is 2.35. The molecule has 0 aromatic heterocycles. The molecule has 2 rings (SSSR count). The van der Waals surface area contributed by atoms with Crippen LogP contribution in [0.25, 0.3) is 0 Å². The van der Waals surface area contributed by atoms with Crippen LogP contribution in [0.1, 0.15) is 36.5 Å². The van der Waals surface area contributed by atoms with Gasteiger partial charge in [0.25, 0.3) is 0 Å². The number of hydrogen-bond acceptors (Lipinski definition) is 3. The summed E-state index contributed by atoms with van der Waals surface area (Å²) in [5.74, 6) is -0.141. The molecule has 2 unspecified atom stereocenters. The number of aldehydes is 1. The van der Waals surface area contributed by atoms with Gasteiger partial charge in [-0.1, -0.05) is 55.7 Å². The van der Waals surface area contributed by atoms with Crippen LogP contribution in [0.15, 0.2) is 60.2 Å². The molecule has 0 saturated carbocycles. The lowest BCUT2D eigenvalue weighted by Crippen LogP contribution is -2.35. The van der Waals surface area contributed by atoms with Crippen LogP contribution in [0.2, 0.25) is 5.02 Å². The van der Waals surface area contributed by atoms with Crippen molar-refractivity contribution in [1.29, 1.82) is 0 Å². The Balaban J connectivity index is 2.18. The fourth-order valence-corrected chi connectivity index (χ4v) is 2.80. The molecule has 0 amide bonds. The first-order valence-corrected chi connectivity index (χ1v) is 8.42. The standard InChI is InChI=1S/C20H21ClO3/c1-2-3-12-20(14-22)13-15(5-11-19(20)24)4-10-18(23)16-6-8-17(21)9-7-16/h4-11,13-14,19,24H,2-3,12H2,1H3/b10-4+. The van der Waals surface area contributed by atoms with Crippen LogP contribution >= 0.6 is 11.6 Å². The summed E-state index contributed by atoms with van der Waals surface area (Å²) in [6.07, 6.45) is 10.6. The fraction of sp³-hybridized carbons (Fsp3) is 0.300. The van der Waals surface area contributed by atoms with Crippen molar-refractivity contribution in [2.24, 2.45) is 5.41 Å². The van der Waals surface area contributed by atoms with E-state index in [9.17, 15) is 14.7 Å². The van der Waals surface area contributed by atoms with E-state index in [4.69, 9.17) is 11.6 Å². The number of carbonyl (C=O) groups excluding carboxylic acids is 2. The molecule has 126 valence electrons. The molecule has 0 radical (unpaired) electrons. The lowest BCUT2D eigenvalue weighted by atomic mass is 9.74. The summed E-state index contributed by atoms with van der Waals surface area (Å²) in [7, 11) is 0. The zero-order chi connectivity index (χ0) is 17.6. The minimum absolute atomic E-state index is 0.141. The SMILES string of the molecule is CCCCC1(C=O)C=C(/C=C/C(=O)c2ccc(Cl)cc2)C=CC1O. The van der Waals surface area contributed by atoms with Gasteiger partial charge in [0.2, 0.25) is 0 Å². The molecular formula is C20H21ClO3. The smallest absolute Gasteiger partial charge is 0.185 e. The maximum absolute atomic E-state index is 12.2. The molecule has 3 nitrogen and oxygen atoms in total. The van der Waals surface area contributed by atoms with E-state index in [0.29, 0.717) is 17.0 Å². The number of allylic oxidation sites excluding steroid dienone is 4. The molecule has 1 aliphatic carbocycles. The molecule has 0 bridgehead atoms. The predicted molar refractivity (Wildman–Crippen MR) is 96.2 cm³/mol. The Hall–Kier alpha value is -1.97. The second-order valence-electron chi connectivity index (χ2n) is 5.99. The zero-order valence-corrected chi connectivity index (χ0v) is 14.4. The molecule has 0 saturated heterocycles. The van der Waals surface area contributed by atoms with E-state index in [2.05, 4.69) is 0 Å². The van der Waals surface area contributed by atoms with Crippen molar-refractivity contribution in [3.8, 4) is 0 Å². The second kappa shape index (κ2) is 8.22. The first-order valence-electron chi connectivity index (χ1n) is 8.04. The highest BCUT2D eigenvalue weighted by Crippen LogP contribution is 2.34. The summed E-state index contributed by atoms with van der Waals surface area (Å²) < 4.78 is 0. The highest BCUT2D eigenvalue weighted by molar-refractivity contribution is 6.30. The predicted octanol–water partition coefficient (Wildman–Crippen LogP) is 4.31. The van der Waals surface area contributed by atoms with E-state index in [-0.39, 0.29) is 5.78 Å². The van der Waals surface area contributed by atoms with Crippen LogP contribution in [0.3, 0.4) is 0 Å². The highest BCUT2D eigenvalue weighted by atomic mass is 35.5. The van der Waals surface area contributed by atoms with Gasteiger partial charge in [0.15, 0.2) is 5.78 Å². The number of carbonyl (C=O) groups is 2. The Morgan fingerprint density at radius 2 is 2.04 bits per heavy atom. The monoisotopic (exact) mass is 344 g/mol. The Labute approximate surface area is 147 Å². The van der Waals surface area contributed by atoms with Crippen molar-refractivity contribution in [2.45, 2.75) is 32.3 Å². The Kier molecular flexibility index (Phi) is 6.29. The van der Waals surface area contributed by atoms with Gasteiger partial charge in [0, 0.05) is 10.6 Å². The summed E-state index contributed by atoms with van der Waals surface area (Å²) in [5.41, 5.74) is 0.378. The molecule has 0 aliphatic heterocycles. The maximum atomic E-state index is 12.2. The average molecular weight is 345 g/mol. The van der Waals surface area contributed by atoms with Gasteiger partial charge >= 0.3 is 0 Å². The van der Waals surface area contributed by atoms with Crippen LogP contribution < -0.4 is 0 Å². The maximum Gasteiger partial charge on any atom is 0.185 e. The third-order valence-electron chi connectivity index (χ3n) is 4.20. The summed E-state index contributed by atoms with van der Waals surface area (Å²) in [4.78, 5) is 23.8. The molecule has 24 heavy (non-hydrogen) atoms. The van der Waals surface area contributed by atoms with Crippen LogP contribution in [0.4, 0.5) is 0 Å². The normalized spacial score (nSPS) is 23.3. The average Bonchev–Trinajstić information content (AvgIpc) is 2.60. The van der Waals surface area contributed by atoms with Crippen molar-refractivity contribution >= 4 is 23.7 Å². The quantitative estimate of drug-likeness (QED) is 0.455. The summed E-state index contributed by atoms with van der Waals surface area (Å²) in [5, 5.41) is 10.8. The lowest BCUT2D eigenvalue weighted by molar-refractivity contribution is -0.118. The first kappa shape index (κ1) is 18.4. The Morgan fingerprint density at radius 1 is 1.33 bits per heavy atom. The Morgan fingerprint density at radius 3 is 2.67 bits per heavy atom. The van der Waals surface area contributed by atoms with Crippen LogP contribution in [-0.2, 0) is 4.79 Å². The van der Waals surface area contributed by atoms with Crippen LogP contribution in [-0.4, -0.2) is 23.3 Å². The van der Waals surface area contributed by atoms with Gasteiger partial charge in [-0.05, 0) is 42.3 Å². The first-order chi connectivity index (χ1) is 11.5. The molecule has 1 aromatic carbocycles. The van der Waals surface area contributed by atoms with Crippen molar-refractivity contribution in [2.75, 3.05) is 0 Å². The van der Waals surface area contributed by atoms with Crippen molar-refractivity contribution < 1.29 is 14.7 Å². The summed E-state index contributed by atoms with van der Waals surface area (Å²) in [6, 6.07) is 6.67. The van der Waals surface area contributed by atoms with Gasteiger partial charge in [-0.15, -0.1) is 0 Å². The van der Waals surface area contributed by atoms with E-state index in [1.807, 2.05) is 6.92 Å². The number of halogens is 1. The molecular weight excluding hydrogens is 324 g/mol. The number of unbranched alkanes of at least 4 members (excludes halogenated alkanes) is 1. The topological polar surface area (TPSA) is 54.4 Å². The van der Waals surface area contributed by atoms with Crippen molar-refractivity contribution in [3.63, 3.8) is 0 Å². The van der Waals surface area contributed by atoms with E-state index in [1.54, 1.807) is 48.6 Å². The largest absolute Gasteiger partial charge is 0.388 e. The third-order valence-corrected chi connectivity index (χ3v) is 4.45. The molecule has 1 N–H and O–H groups in total. The zero-order valence-electron chi connectivity index (χ0n) is 13.6. The second-order valence-corrected chi connectivity index (χ2v) is 6.42. The lowest BCUT2D eigenvalue weighted by Gasteiger charge is -2.31. The number of ketones is 1. The van der Waals surface area contributed by atoms with Crippen molar-refractivity contribution in [3.05, 3.63) is 70.8 Å². The van der Waals surface area contributed by atoms with Gasteiger partial charge in [-0.2, -0.15) is 0 Å². The van der Waals surface area contributed by atoms with Gasteiger partial charge in [0.05, 0.1) is 11.5 Å². The van der Waals surface area contributed by atoms with E-state index in [0.717, 1.165) is 24.7 Å². The number of benzene rings is 1. The van der Waals surface area contributed by atoms with E-state index in [1.165, 1.54) is 6.08 Å². The van der Waals surface area contributed by atoms with Crippen molar-refractivity contribution in [1.82, 2.24) is 0 Å². The molecule has 2 atom stereocenters.